The Kier molecular flexibility index (Phi) is 5.65. The maximum absolute atomic E-state index is 13.9. The van der Waals surface area contributed by atoms with Crippen LogP contribution in [0.2, 0.25) is 5.02 Å². The molecule has 3 rings (SSSR count). The third kappa shape index (κ3) is 4.81. The number of hydrogen-bond acceptors (Lipinski definition) is 3. The minimum Gasteiger partial charge on any atom is -0.489 e. The Labute approximate surface area is 150 Å². The van der Waals surface area contributed by atoms with Crippen molar-refractivity contribution >= 4 is 23.5 Å². The van der Waals surface area contributed by atoms with Crippen molar-refractivity contribution in [3.63, 3.8) is 0 Å². The lowest BCUT2D eigenvalue weighted by Crippen LogP contribution is -1.99. The summed E-state index contributed by atoms with van der Waals surface area (Å²) in [6.07, 6.45) is 1.69. The van der Waals surface area contributed by atoms with Crippen LogP contribution in [0.4, 0.5) is 10.1 Å². The van der Waals surface area contributed by atoms with Gasteiger partial charge in [0, 0.05) is 5.56 Å². The van der Waals surface area contributed by atoms with E-state index in [9.17, 15) is 4.39 Å². The molecule has 0 heterocycles. The molecule has 0 bridgehead atoms. The second kappa shape index (κ2) is 8.31. The van der Waals surface area contributed by atoms with Crippen LogP contribution in [-0.4, -0.2) is 6.21 Å². The quantitative estimate of drug-likeness (QED) is 0.468. The van der Waals surface area contributed by atoms with Crippen LogP contribution in [0, 0.1) is 5.82 Å². The van der Waals surface area contributed by atoms with Gasteiger partial charge in [0.1, 0.15) is 18.2 Å². The molecule has 0 amide bonds. The summed E-state index contributed by atoms with van der Waals surface area (Å²) in [6, 6.07) is 21.9. The average molecular weight is 355 g/mol. The van der Waals surface area contributed by atoms with Gasteiger partial charge in [-0.25, -0.2) is 4.39 Å². The lowest BCUT2D eigenvalue weighted by molar-refractivity contribution is 0.300. The van der Waals surface area contributed by atoms with E-state index in [0.29, 0.717) is 11.3 Å². The molecule has 0 radical (unpaired) electrons. The van der Waals surface area contributed by atoms with Crippen molar-refractivity contribution in [3.8, 4) is 5.75 Å². The summed E-state index contributed by atoms with van der Waals surface area (Å²) in [7, 11) is 0. The van der Waals surface area contributed by atoms with Gasteiger partial charge in [-0.1, -0.05) is 54.1 Å². The minimum absolute atomic E-state index is 0.0916. The number of anilines is 1. The molecular formula is C20H16ClFN2O. The van der Waals surface area contributed by atoms with Gasteiger partial charge in [-0.2, -0.15) is 5.10 Å². The predicted octanol–water partition coefficient (Wildman–Crippen LogP) is 5.50. The average Bonchev–Trinajstić information content (AvgIpc) is 2.64. The van der Waals surface area contributed by atoms with Gasteiger partial charge in [0.15, 0.2) is 0 Å². The van der Waals surface area contributed by atoms with Gasteiger partial charge in [-0.05, 0) is 35.9 Å². The van der Waals surface area contributed by atoms with Crippen LogP contribution in [-0.2, 0) is 6.61 Å². The molecule has 0 aromatic heterocycles. The topological polar surface area (TPSA) is 33.6 Å². The van der Waals surface area contributed by atoms with Crippen molar-refractivity contribution in [1.29, 1.82) is 0 Å². The van der Waals surface area contributed by atoms with E-state index >= 15 is 0 Å². The van der Waals surface area contributed by atoms with E-state index in [-0.39, 0.29) is 11.6 Å². The normalized spacial score (nSPS) is 10.8. The number of hydrazone groups is 1. The van der Waals surface area contributed by atoms with E-state index in [2.05, 4.69) is 10.5 Å². The lowest BCUT2D eigenvalue weighted by atomic mass is 10.2. The third-order valence-corrected chi connectivity index (χ3v) is 3.76. The van der Waals surface area contributed by atoms with Crippen molar-refractivity contribution in [2.75, 3.05) is 5.43 Å². The molecule has 0 aliphatic heterocycles. The number of ether oxygens (including phenoxy) is 1. The molecule has 0 aliphatic rings. The highest BCUT2D eigenvalue weighted by atomic mass is 35.5. The van der Waals surface area contributed by atoms with Gasteiger partial charge in [0.25, 0.3) is 0 Å². The highest BCUT2D eigenvalue weighted by molar-refractivity contribution is 6.30. The molecule has 0 aliphatic carbocycles. The number of hydrogen-bond donors (Lipinski definition) is 1. The van der Waals surface area contributed by atoms with Crippen molar-refractivity contribution in [1.82, 2.24) is 0 Å². The number of benzene rings is 3. The zero-order chi connectivity index (χ0) is 17.5. The predicted molar refractivity (Wildman–Crippen MR) is 99.8 cm³/mol. The Bertz CT molecular complexity index is 869. The molecule has 126 valence electrons. The van der Waals surface area contributed by atoms with Gasteiger partial charge < -0.3 is 4.74 Å². The first-order valence-electron chi connectivity index (χ1n) is 7.72. The van der Waals surface area contributed by atoms with E-state index in [1.165, 1.54) is 6.07 Å². The first-order chi connectivity index (χ1) is 12.2. The number of nitrogens with zero attached hydrogens (tertiary/aromatic N) is 1. The fourth-order valence-electron chi connectivity index (χ4n) is 2.20. The maximum Gasteiger partial charge on any atom is 0.148 e. The zero-order valence-corrected chi connectivity index (χ0v) is 14.1. The summed E-state index contributed by atoms with van der Waals surface area (Å²) in [5.41, 5.74) is 5.14. The van der Waals surface area contributed by atoms with Crippen LogP contribution >= 0.6 is 11.6 Å². The number of rotatable bonds is 6. The van der Waals surface area contributed by atoms with Crippen LogP contribution in [0.3, 0.4) is 0 Å². The van der Waals surface area contributed by atoms with E-state index in [0.717, 1.165) is 11.3 Å². The minimum atomic E-state index is -0.450. The first-order valence-corrected chi connectivity index (χ1v) is 8.10. The third-order valence-electron chi connectivity index (χ3n) is 3.47. The number of nitrogens with one attached hydrogen (secondary N) is 1. The van der Waals surface area contributed by atoms with Crippen LogP contribution in [0.5, 0.6) is 5.75 Å². The van der Waals surface area contributed by atoms with Gasteiger partial charge >= 0.3 is 0 Å². The Morgan fingerprint density at radius 2 is 1.80 bits per heavy atom. The van der Waals surface area contributed by atoms with Crippen LogP contribution < -0.4 is 10.2 Å². The SMILES string of the molecule is Fc1c(Cl)cccc1COc1cccc(C=NNc2ccccc2)c1. The molecule has 0 atom stereocenters. The molecular weight excluding hydrogens is 339 g/mol. The smallest absolute Gasteiger partial charge is 0.148 e. The summed E-state index contributed by atoms with van der Waals surface area (Å²) >= 11 is 5.77. The summed E-state index contributed by atoms with van der Waals surface area (Å²) in [4.78, 5) is 0. The van der Waals surface area contributed by atoms with Crippen LogP contribution in [0.15, 0.2) is 77.9 Å². The van der Waals surface area contributed by atoms with Crippen molar-refractivity contribution in [3.05, 3.63) is 94.8 Å². The van der Waals surface area contributed by atoms with Gasteiger partial charge in [-0.15, -0.1) is 0 Å². The van der Waals surface area contributed by atoms with Gasteiger partial charge in [-0.3, -0.25) is 5.43 Å². The summed E-state index contributed by atoms with van der Waals surface area (Å²) in [6.45, 7) is 0.106. The molecule has 0 unspecified atom stereocenters. The molecule has 1 N–H and O–H groups in total. The molecule has 3 aromatic carbocycles. The van der Waals surface area contributed by atoms with Gasteiger partial charge in [0.05, 0.1) is 16.9 Å². The first kappa shape index (κ1) is 17.0. The van der Waals surface area contributed by atoms with E-state index < -0.39 is 5.82 Å². The summed E-state index contributed by atoms with van der Waals surface area (Å²) < 4.78 is 19.5. The second-order valence-corrected chi connectivity index (χ2v) is 5.72. The Hall–Kier alpha value is -2.85. The highest BCUT2D eigenvalue weighted by Gasteiger charge is 2.06. The standard InChI is InChI=1S/C20H16ClFN2O/c21-19-11-5-7-16(20(19)22)14-25-18-10-4-6-15(12-18)13-23-24-17-8-2-1-3-9-17/h1-13,24H,14H2. The molecule has 5 heteroatoms. The van der Waals surface area contributed by atoms with Crippen LogP contribution in [0.1, 0.15) is 11.1 Å². The zero-order valence-electron chi connectivity index (χ0n) is 13.3. The van der Waals surface area contributed by atoms with Crippen LogP contribution in [0.25, 0.3) is 0 Å². The Morgan fingerprint density at radius 1 is 1.00 bits per heavy atom. The summed E-state index contributed by atoms with van der Waals surface area (Å²) in [5, 5.41) is 4.28. The molecule has 3 aromatic rings. The molecule has 0 spiro atoms. The highest BCUT2D eigenvalue weighted by Crippen LogP contribution is 2.20. The number of para-hydroxylation sites is 1. The van der Waals surface area contributed by atoms with Crippen molar-refractivity contribution < 1.29 is 9.13 Å². The monoisotopic (exact) mass is 354 g/mol. The molecule has 0 saturated heterocycles. The van der Waals surface area contributed by atoms with E-state index in [1.54, 1.807) is 18.3 Å². The van der Waals surface area contributed by atoms with Crippen molar-refractivity contribution in [2.24, 2.45) is 5.10 Å². The second-order valence-electron chi connectivity index (χ2n) is 5.31. The van der Waals surface area contributed by atoms with E-state index in [4.69, 9.17) is 16.3 Å². The fourth-order valence-corrected chi connectivity index (χ4v) is 2.39. The number of halogens is 2. The molecule has 3 nitrogen and oxygen atoms in total. The lowest BCUT2D eigenvalue weighted by Gasteiger charge is -2.08. The van der Waals surface area contributed by atoms with E-state index in [1.807, 2.05) is 54.6 Å². The largest absolute Gasteiger partial charge is 0.489 e. The molecule has 0 saturated carbocycles. The van der Waals surface area contributed by atoms with Gasteiger partial charge in [0.2, 0.25) is 0 Å². The summed E-state index contributed by atoms with van der Waals surface area (Å²) in [5.74, 6) is 0.178. The molecule has 25 heavy (non-hydrogen) atoms. The molecule has 0 fully saturated rings. The van der Waals surface area contributed by atoms with Crippen molar-refractivity contribution in [2.45, 2.75) is 6.61 Å². The Morgan fingerprint density at radius 3 is 2.64 bits per heavy atom. The maximum atomic E-state index is 13.9. The Balaban J connectivity index is 1.62. The fraction of sp³-hybridized carbons (Fsp3) is 0.0500.